The van der Waals surface area contributed by atoms with Crippen LogP contribution in [0.2, 0.25) is 0 Å². The van der Waals surface area contributed by atoms with Gasteiger partial charge in [-0.3, -0.25) is 0 Å². The number of rotatable bonds is 1. The maximum absolute atomic E-state index is 4.03. The van der Waals surface area contributed by atoms with Crippen molar-refractivity contribution in [2.24, 2.45) is 11.8 Å². The molecule has 2 bridgehead atoms. The summed E-state index contributed by atoms with van der Waals surface area (Å²) in [6.45, 7) is 6.20. The van der Waals surface area contributed by atoms with Crippen LogP contribution < -0.4 is 0 Å². The van der Waals surface area contributed by atoms with E-state index in [1.54, 1.807) is 5.57 Å². The number of hydrogen-bond donors (Lipinski definition) is 0. The zero-order valence-electron chi connectivity index (χ0n) is 6.56. The van der Waals surface area contributed by atoms with Crippen molar-refractivity contribution in [1.82, 2.24) is 0 Å². The van der Waals surface area contributed by atoms with Gasteiger partial charge in [-0.2, -0.15) is 0 Å². The molecule has 10 heavy (non-hydrogen) atoms. The van der Waals surface area contributed by atoms with Crippen LogP contribution in [0.1, 0.15) is 26.2 Å². The van der Waals surface area contributed by atoms with Gasteiger partial charge in [-0.15, -0.1) is 0 Å². The summed E-state index contributed by atoms with van der Waals surface area (Å²) in [6.07, 6.45) is 6.44. The highest BCUT2D eigenvalue weighted by Gasteiger charge is 2.33. The van der Waals surface area contributed by atoms with Gasteiger partial charge in [0.2, 0.25) is 0 Å². The number of fused-ring (bicyclic) bond motifs is 2. The van der Waals surface area contributed by atoms with Crippen molar-refractivity contribution in [3.8, 4) is 0 Å². The molecule has 0 aromatic rings. The highest BCUT2D eigenvalue weighted by molar-refractivity contribution is 5.23. The molecule has 0 nitrogen and oxygen atoms in total. The molecule has 2 atom stereocenters. The fraction of sp³-hybridized carbons (Fsp3) is 0.600. The van der Waals surface area contributed by atoms with Gasteiger partial charge in [0.05, 0.1) is 0 Å². The lowest BCUT2D eigenvalue weighted by molar-refractivity contribution is 0.446. The summed E-state index contributed by atoms with van der Waals surface area (Å²) in [5, 5.41) is 0. The van der Waals surface area contributed by atoms with E-state index in [4.69, 9.17) is 0 Å². The van der Waals surface area contributed by atoms with Crippen molar-refractivity contribution in [3.63, 3.8) is 0 Å². The molecule has 0 N–H and O–H groups in total. The minimum absolute atomic E-state index is 0.833. The van der Waals surface area contributed by atoms with Gasteiger partial charge < -0.3 is 0 Å². The summed E-state index contributed by atoms with van der Waals surface area (Å²) in [7, 11) is 0. The van der Waals surface area contributed by atoms with Crippen LogP contribution in [0.15, 0.2) is 23.8 Å². The van der Waals surface area contributed by atoms with E-state index in [1.165, 1.54) is 24.8 Å². The SMILES string of the molecule is C=C(C)C1CC2=CCC1C2. The first kappa shape index (κ1) is 6.21. The molecule has 0 saturated heterocycles. The summed E-state index contributed by atoms with van der Waals surface area (Å²) >= 11 is 0. The van der Waals surface area contributed by atoms with Gasteiger partial charge >= 0.3 is 0 Å². The standard InChI is InChI=1S/C10H14/c1-7(2)10-6-8-3-4-9(10)5-8/h3,9-10H,1,4-6H2,2H3. The third kappa shape index (κ3) is 0.749. The molecule has 0 aromatic carbocycles. The minimum Gasteiger partial charge on any atom is -0.0998 e. The van der Waals surface area contributed by atoms with Crippen LogP contribution in [0.25, 0.3) is 0 Å². The summed E-state index contributed by atoms with van der Waals surface area (Å²) in [5.41, 5.74) is 3.09. The van der Waals surface area contributed by atoms with Crippen molar-refractivity contribution in [2.75, 3.05) is 0 Å². The molecule has 54 valence electrons. The first-order chi connectivity index (χ1) is 4.77. The highest BCUT2D eigenvalue weighted by atomic mass is 14.4. The Balaban J connectivity index is 2.17. The lowest BCUT2D eigenvalue weighted by atomic mass is 9.87. The minimum atomic E-state index is 0.833. The first-order valence-electron chi connectivity index (χ1n) is 4.10. The van der Waals surface area contributed by atoms with Gasteiger partial charge in [0.25, 0.3) is 0 Å². The smallest absolute Gasteiger partial charge is 0.0137 e. The van der Waals surface area contributed by atoms with Crippen molar-refractivity contribution in [2.45, 2.75) is 26.2 Å². The maximum atomic E-state index is 4.03. The monoisotopic (exact) mass is 134 g/mol. The Morgan fingerprint density at radius 1 is 1.60 bits per heavy atom. The number of hydrogen-bond acceptors (Lipinski definition) is 0. The molecule has 2 aliphatic rings. The van der Waals surface area contributed by atoms with Gasteiger partial charge in [-0.25, -0.2) is 0 Å². The van der Waals surface area contributed by atoms with E-state index in [0.29, 0.717) is 0 Å². The molecule has 1 fully saturated rings. The fourth-order valence-corrected chi connectivity index (χ4v) is 2.32. The number of allylic oxidation sites excluding steroid dienone is 3. The van der Waals surface area contributed by atoms with E-state index >= 15 is 0 Å². The molecule has 0 heteroatoms. The molecule has 2 rings (SSSR count). The molecule has 0 radical (unpaired) electrons. The third-order valence-electron chi connectivity index (χ3n) is 2.92. The van der Waals surface area contributed by atoms with Gasteiger partial charge in [0.15, 0.2) is 0 Å². The molecule has 2 unspecified atom stereocenters. The molecule has 0 amide bonds. The maximum Gasteiger partial charge on any atom is -0.0137 e. The van der Waals surface area contributed by atoms with E-state index in [0.717, 1.165) is 11.8 Å². The van der Waals surface area contributed by atoms with Crippen LogP contribution in [-0.2, 0) is 0 Å². The topological polar surface area (TPSA) is 0 Å². The lowest BCUT2D eigenvalue weighted by Gasteiger charge is -2.18. The Kier molecular flexibility index (Phi) is 1.23. The predicted molar refractivity (Wildman–Crippen MR) is 43.7 cm³/mol. The summed E-state index contributed by atoms with van der Waals surface area (Å²) < 4.78 is 0. The summed E-state index contributed by atoms with van der Waals surface area (Å²) in [5.74, 6) is 1.77. The van der Waals surface area contributed by atoms with Gasteiger partial charge in [-0.05, 0) is 38.0 Å². The Morgan fingerprint density at radius 3 is 2.70 bits per heavy atom. The van der Waals surface area contributed by atoms with E-state index in [-0.39, 0.29) is 0 Å². The van der Waals surface area contributed by atoms with Crippen LogP contribution in [0, 0.1) is 11.8 Å². The van der Waals surface area contributed by atoms with Crippen molar-refractivity contribution >= 4 is 0 Å². The van der Waals surface area contributed by atoms with Gasteiger partial charge in [-0.1, -0.05) is 23.8 Å². The zero-order valence-corrected chi connectivity index (χ0v) is 6.56. The lowest BCUT2D eigenvalue weighted by Crippen LogP contribution is -2.07. The molecule has 0 heterocycles. The van der Waals surface area contributed by atoms with Crippen LogP contribution in [0.3, 0.4) is 0 Å². The third-order valence-corrected chi connectivity index (χ3v) is 2.92. The second-order valence-electron chi connectivity index (χ2n) is 3.72. The van der Waals surface area contributed by atoms with Gasteiger partial charge in [0.1, 0.15) is 0 Å². The Bertz CT molecular complexity index is 198. The first-order valence-corrected chi connectivity index (χ1v) is 4.10. The average molecular weight is 134 g/mol. The van der Waals surface area contributed by atoms with Crippen molar-refractivity contribution in [1.29, 1.82) is 0 Å². The average Bonchev–Trinajstić information content (AvgIpc) is 2.44. The normalized spacial score (nSPS) is 36.3. The Labute approximate surface area is 62.6 Å². The Hall–Kier alpha value is -0.520. The van der Waals surface area contributed by atoms with Gasteiger partial charge in [0, 0.05) is 0 Å². The molecule has 0 aromatic heterocycles. The van der Waals surface area contributed by atoms with Crippen LogP contribution in [0.5, 0.6) is 0 Å². The second-order valence-corrected chi connectivity index (χ2v) is 3.72. The van der Waals surface area contributed by atoms with Crippen LogP contribution >= 0.6 is 0 Å². The molecule has 0 aliphatic heterocycles. The Morgan fingerprint density at radius 2 is 2.40 bits per heavy atom. The van der Waals surface area contributed by atoms with E-state index in [9.17, 15) is 0 Å². The summed E-state index contributed by atoms with van der Waals surface area (Å²) in [6, 6.07) is 0. The van der Waals surface area contributed by atoms with Crippen LogP contribution in [-0.4, -0.2) is 0 Å². The molecular weight excluding hydrogens is 120 g/mol. The van der Waals surface area contributed by atoms with E-state index in [2.05, 4.69) is 19.6 Å². The molecular formula is C10H14. The van der Waals surface area contributed by atoms with Crippen LogP contribution in [0.4, 0.5) is 0 Å². The predicted octanol–water partition coefficient (Wildman–Crippen LogP) is 2.92. The van der Waals surface area contributed by atoms with Crippen molar-refractivity contribution < 1.29 is 0 Å². The van der Waals surface area contributed by atoms with E-state index < -0.39 is 0 Å². The second kappa shape index (κ2) is 1.98. The summed E-state index contributed by atoms with van der Waals surface area (Å²) in [4.78, 5) is 0. The van der Waals surface area contributed by atoms with Crippen molar-refractivity contribution in [3.05, 3.63) is 23.8 Å². The van der Waals surface area contributed by atoms with E-state index in [1.807, 2.05) is 0 Å². The molecule has 1 saturated carbocycles. The molecule has 2 aliphatic carbocycles. The quantitative estimate of drug-likeness (QED) is 0.484. The fourth-order valence-electron chi connectivity index (χ4n) is 2.32. The highest BCUT2D eigenvalue weighted by Crippen LogP contribution is 2.46. The largest absolute Gasteiger partial charge is 0.0998 e. The molecule has 0 spiro atoms. The zero-order chi connectivity index (χ0) is 7.14.